The fourth-order valence-corrected chi connectivity index (χ4v) is 1.64. The Morgan fingerprint density at radius 2 is 2.00 bits per heavy atom. The van der Waals surface area contributed by atoms with E-state index in [-0.39, 0.29) is 23.7 Å². The average Bonchev–Trinajstić information content (AvgIpc) is 2.53. The fourth-order valence-electron chi connectivity index (χ4n) is 1.64. The molecule has 0 amide bonds. The monoisotopic (exact) mass is 238 g/mol. The molecule has 0 aliphatic carbocycles. The first-order chi connectivity index (χ1) is 7.82. The van der Waals surface area contributed by atoms with Crippen LogP contribution in [-0.2, 0) is 11.8 Å². The number of aryl methyl sites for hydroxylation is 1. The minimum absolute atomic E-state index is 0.0101. The molecule has 0 fully saturated rings. The van der Waals surface area contributed by atoms with Crippen molar-refractivity contribution >= 4 is 17.4 Å². The van der Waals surface area contributed by atoms with Gasteiger partial charge >= 0.3 is 0 Å². The van der Waals surface area contributed by atoms with Gasteiger partial charge in [0.15, 0.2) is 11.6 Å². The Balaban J connectivity index is 2.84. The lowest BCUT2D eigenvalue weighted by Crippen LogP contribution is -2.37. The van der Waals surface area contributed by atoms with E-state index in [1.807, 2.05) is 27.7 Å². The summed E-state index contributed by atoms with van der Waals surface area (Å²) in [7, 11) is 1.77. The zero-order chi connectivity index (χ0) is 13.2. The molecule has 1 rings (SSSR count). The maximum Gasteiger partial charge on any atom is 0.157 e. The summed E-state index contributed by atoms with van der Waals surface area (Å²) in [6.45, 7) is 7.85. The first kappa shape index (κ1) is 13.5. The minimum atomic E-state index is -0.218. The summed E-state index contributed by atoms with van der Waals surface area (Å²) in [6.07, 6.45) is 0. The van der Waals surface area contributed by atoms with Gasteiger partial charge < -0.3 is 11.1 Å². The molecule has 17 heavy (non-hydrogen) atoms. The van der Waals surface area contributed by atoms with E-state index in [4.69, 9.17) is 5.73 Å². The fraction of sp³-hybridized carbons (Fsp3) is 0.667. The second kappa shape index (κ2) is 5.21. The summed E-state index contributed by atoms with van der Waals surface area (Å²) in [5.41, 5.74) is 5.70. The Morgan fingerprint density at radius 1 is 1.41 bits per heavy atom. The van der Waals surface area contributed by atoms with Crippen molar-refractivity contribution in [3.05, 3.63) is 6.07 Å². The van der Waals surface area contributed by atoms with Gasteiger partial charge in [-0.3, -0.25) is 9.48 Å². The molecule has 0 spiro atoms. The predicted molar refractivity (Wildman–Crippen MR) is 69.7 cm³/mol. The van der Waals surface area contributed by atoms with Gasteiger partial charge in [-0.1, -0.05) is 27.7 Å². The summed E-state index contributed by atoms with van der Waals surface area (Å²) in [5.74, 6) is 1.65. The topological polar surface area (TPSA) is 72.9 Å². The molecule has 0 aliphatic heterocycles. The highest BCUT2D eigenvalue weighted by molar-refractivity contribution is 5.88. The first-order valence-electron chi connectivity index (χ1n) is 5.92. The van der Waals surface area contributed by atoms with Crippen molar-refractivity contribution in [2.45, 2.75) is 33.7 Å². The number of carbonyl (C=O) groups is 1. The van der Waals surface area contributed by atoms with Gasteiger partial charge in [-0.15, -0.1) is 0 Å². The van der Waals surface area contributed by atoms with Crippen LogP contribution < -0.4 is 11.1 Å². The Hall–Kier alpha value is -1.52. The maximum absolute atomic E-state index is 12.1. The summed E-state index contributed by atoms with van der Waals surface area (Å²) in [4.78, 5) is 12.1. The number of nitrogens with one attached hydrogen (secondary N) is 1. The second-order valence-electron chi connectivity index (χ2n) is 5.00. The van der Waals surface area contributed by atoms with Crippen LogP contribution in [0.1, 0.15) is 27.7 Å². The molecule has 96 valence electrons. The van der Waals surface area contributed by atoms with E-state index in [1.165, 1.54) is 0 Å². The van der Waals surface area contributed by atoms with Crippen LogP contribution in [0.25, 0.3) is 0 Å². The van der Waals surface area contributed by atoms with Crippen molar-refractivity contribution in [3.63, 3.8) is 0 Å². The number of nitrogens with zero attached hydrogens (tertiary/aromatic N) is 2. The van der Waals surface area contributed by atoms with E-state index in [2.05, 4.69) is 10.4 Å². The third-order valence-corrected chi connectivity index (χ3v) is 2.76. The summed E-state index contributed by atoms with van der Waals surface area (Å²) in [5, 5.41) is 7.36. The first-order valence-corrected chi connectivity index (χ1v) is 5.92. The molecular weight excluding hydrogens is 216 g/mol. The normalized spacial score (nSPS) is 13.1. The zero-order valence-corrected chi connectivity index (χ0v) is 11.2. The second-order valence-corrected chi connectivity index (χ2v) is 5.00. The number of ketones is 1. The van der Waals surface area contributed by atoms with Gasteiger partial charge in [0.25, 0.3) is 0 Å². The van der Waals surface area contributed by atoms with E-state index in [1.54, 1.807) is 17.8 Å². The number of rotatable bonds is 5. The highest BCUT2D eigenvalue weighted by atomic mass is 16.1. The number of anilines is 2. The van der Waals surface area contributed by atoms with Gasteiger partial charge in [-0.05, 0) is 5.92 Å². The molecule has 0 aromatic carbocycles. The third kappa shape index (κ3) is 3.22. The van der Waals surface area contributed by atoms with E-state index >= 15 is 0 Å². The van der Waals surface area contributed by atoms with Crippen LogP contribution in [0, 0.1) is 11.8 Å². The molecule has 3 N–H and O–H groups in total. The predicted octanol–water partition coefficient (Wildman–Crippen LogP) is 1.66. The lowest BCUT2D eigenvalue weighted by atomic mass is 9.93. The lowest BCUT2D eigenvalue weighted by Gasteiger charge is -2.22. The molecule has 1 heterocycles. The van der Waals surface area contributed by atoms with Crippen molar-refractivity contribution in [1.29, 1.82) is 0 Å². The summed E-state index contributed by atoms with van der Waals surface area (Å²) >= 11 is 0. The number of hydrogen-bond donors (Lipinski definition) is 2. The molecule has 0 saturated heterocycles. The molecule has 5 nitrogen and oxygen atoms in total. The Bertz CT molecular complexity index is 376. The van der Waals surface area contributed by atoms with E-state index in [0.29, 0.717) is 11.6 Å². The van der Waals surface area contributed by atoms with Crippen LogP contribution >= 0.6 is 0 Å². The molecule has 1 aromatic heterocycles. The van der Waals surface area contributed by atoms with E-state index in [9.17, 15) is 4.79 Å². The van der Waals surface area contributed by atoms with Gasteiger partial charge in [0.2, 0.25) is 0 Å². The van der Waals surface area contributed by atoms with Crippen LogP contribution in [0.5, 0.6) is 0 Å². The standard InChI is InChI=1S/C12H22N4O/c1-7(2)11(12(17)8(3)4)14-10-6-9(13)16(5)15-10/h6-8,11H,13H2,1-5H3,(H,14,15)/t11-/m0/s1. The number of hydrogen-bond acceptors (Lipinski definition) is 4. The minimum Gasteiger partial charge on any atom is -0.384 e. The number of carbonyl (C=O) groups excluding carboxylic acids is 1. The van der Waals surface area contributed by atoms with Gasteiger partial charge in [0.05, 0.1) is 6.04 Å². The number of aromatic nitrogens is 2. The van der Waals surface area contributed by atoms with Crippen LogP contribution in [0.3, 0.4) is 0 Å². The molecule has 0 bridgehead atoms. The Labute approximate surface area is 102 Å². The molecule has 0 saturated carbocycles. The van der Waals surface area contributed by atoms with E-state index in [0.717, 1.165) is 0 Å². The number of nitrogens with two attached hydrogens (primary N) is 1. The van der Waals surface area contributed by atoms with Crippen LogP contribution in [0.2, 0.25) is 0 Å². The largest absolute Gasteiger partial charge is 0.384 e. The van der Waals surface area contributed by atoms with Crippen LogP contribution in [0.15, 0.2) is 6.07 Å². The van der Waals surface area contributed by atoms with Crippen LogP contribution in [-0.4, -0.2) is 21.6 Å². The summed E-state index contributed by atoms with van der Waals surface area (Å²) in [6, 6.07) is 1.52. The molecule has 0 aliphatic rings. The van der Waals surface area contributed by atoms with Crippen molar-refractivity contribution in [1.82, 2.24) is 9.78 Å². The van der Waals surface area contributed by atoms with Crippen molar-refractivity contribution in [2.75, 3.05) is 11.1 Å². The molecular formula is C12H22N4O. The molecule has 1 aromatic rings. The van der Waals surface area contributed by atoms with Crippen molar-refractivity contribution < 1.29 is 4.79 Å². The molecule has 0 unspecified atom stereocenters. The van der Waals surface area contributed by atoms with Gasteiger partial charge in [-0.2, -0.15) is 5.10 Å². The smallest absolute Gasteiger partial charge is 0.157 e. The van der Waals surface area contributed by atoms with Crippen molar-refractivity contribution in [3.8, 4) is 0 Å². The maximum atomic E-state index is 12.1. The molecule has 5 heteroatoms. The van der Waals surface area contributed by atoms with Gasteiger partial charge in [-0.25, -0.2) is 0 Å². The average molecular weight is 238 g/mol. The Morgan fingerprint density at radius 3 is 2.35 bits per heavy atom. The lowest BCUT2D eigenvalue weighted by molar-refractivity contribution is -0.123. The highest BCUT2D eigenvalue weighted by Gasteiger charge is 2.24. The van der Waals surface area contributed by atoms with Gasteiger partial charge in [0, 0.05) is 19.0 Å². The number of Topliss-reactive ketones (excluding diaryl/α,β-unsaturated/α-hetero) is 1. The highest BCUT2D eigenvalue weighted by Crippen LogP contribution is 2.17. The third-order valence-electron chi connectivity index (χ3n) is 2.76. The quantitative estimate of drug-likeness (QED) is 0.818. The molecule has 1 atom stereocenters. The van der Waals surface area contributed by atoms with E-state index < -0.39 is 0 Å². The number of nitrogen functional groups attached to an aromatic ring is 1. The zero-order valence-electron chi connectivity index (χ0n) is 11.2. The Kier molecular flexibility index (Phi) is 4.15. The SMILES string of the molecule is CC(C)C(=O)[C@@H](Nc1cc(N)n(C)n1)C(C)C. The summed E-state index contributed by atoms with van der Waals surface area (Å²) < 4.78 is 1.58. The molecule has 0 radical (unpaired) electrons. The van der Waals surface area contributed by atoms with Crippen molar-refractivity contribution in [2.24, 2.45) is 18.9 Å². The van der Waals surface area contributed by atoms with Gasteiger partial charge in [0.1, 0.15) is 5.82 Å². The van der Waals surface area contributed by atoms with Crippen LogP contribution in [0.4, 0.5) is 11.6 Å².